The number of Topliss-reactive ketones (excluding diaryl/α,β-unsaturated/α-hetero) is 3. The lowest BCUT2D eigenvalue weighted by molar-refractivity contribution is -0.242. The summed E-state index contributed by atoms with van der Waals surface area (Å²) in [5.74, 6) is -5.48. The van der Waals surface area contributed by atoms with E-state index in [0.29, 0.717) is 88.5 Å². The maximum absolute atomic E-state index is 14.4. The first-order chi connectivity index (χ1) is 34.2. The fourth-order valence-corrected chi connectivity index (χ4v) is 11.6. The Morgan fingerprint density at radius 2 is 1.51 bits per heavy atom. The average Bonchev–Trinajstić information content (AvgIpc) is 3.49. The van der Waals surface area contributed by atoms with Crippen LogP contribution in [-0.2, 0) is 47.7 Å². The van der Waals surface area contributed by atoms with Crippen molar-refractivity contribution >= 4 is 29.2 Å². The Bertz CT molecular complexity index is 1880. The van der Waals surface area contributed by atoms with Crippen LogP contribution in [0.5, 0.6) is 0 Å². The van der Waals surface area contributed by atoms with Gasteiger partial charge in [0.1, 0.15) is 29.8 Å². The SMILES string of the molecule is COC1CC(=O)[C@H](C)C[C@H](C)C/C=C/C=C/C=C(\C)[C@@H](OC)C[C@@H]2CCC[C@@H](C)[C@@](O)(O2)C(=O)C(=O)N2CCCC[C@H]2C(=O)O[C@H](C[C@H](C)C[C@@H]2CC[C@@H](O)[C@H](OC)C2)CCCC(=O)C[C@H](C)/C=C(\C)[C@H]1O. The van der Waals surface area contributed by atoms with E-state index in [1.54, 1.807) is 28.1 Å². The summed E-state index contributed by atoms with van der Waals surface area (Å²) in [4.78, 5) is 71.3. The summed E-state index contributed by atoms with van der Waals surface area (Å²) in [7, 11) is 4.72. The van der Waals surface area contributed by atoms with Crippen molar-refractivity contribution < 1.29 is 63.0 Å². The van der Waals surface area contributed by atoms with Gasteiger partial charge < -0.3 is 43.9 Å². The minimum Gasteiger partial charge on any atom is -0.461 e. The van der Waals surface area contributed by atoms with E-state index in [0.717, 1.165) is 31.3 Å². The quantitative estimate of drug-likeness (QED) is 0.124. The Morgan fingerprint density at radius 3 is 2.22 bits per heavy atom. The molecular formula is C58H93NO13. The molecule has 14 heteroatoms. The third-order valence-electron chi connectivity index (χ3n) is 16.0. The first-order valence-electron chi connectivity index (χ1n) is 27.3. The summed E-state index contributed by atoms with van der Waals surface area (Å²) in [6.07, 6.45) is 17.6. The van der Waals surface area contributed by atoms with Gasteiger partial charge in [0.25, 0.3) is 11.7 Å². The van der Waals surface area contributed by atoms with Crippen LogP contribution in [0.15, 0.2) is 47.6 Å². The van der Waals surface area contributed by atoms with E-state index in [1.807, 2.05) is 51.2 Å². The molecule has 3 fully saturated rings. The van der Waals surface area contributed by atoms with Crippen molar-refractivity contribution in [3.8, 4) is 0 Å². The van der Waals surface area contributed by atoms with E-state index in [1.165, 1.54) is 12.0 Å². The molecule has 3 N–H and O–H groups in total. The number of aliphatic hydroxyl groups excluding tert-OH is 2. The number of allylic oxidation sites excluding steroid dienone is 6. The van der Waals surface area contributed by atoms with E-state index >= 15 is 0 Å². The average molecular weight is 1010 g/mol. The highest BCUT2D eigenvalue weighted by atomic mass is 16.6. The summed E-state index contributed by atoms with van der Waals surface area (Å²) in [5, 5.41) is 33.9. The Kier molecular flexibility index (Phi) is 25.7. The molecule has 2 bridgehead atoms. The highest BCUT2D eigenvalue weighted by molar-refractivity contribution is 6.39. The third-order valence-corrected chi connectivity index (χ3v) is 16.0. The van der Waals surface area contributed by atoms with Crippen LogP contribution < -0.4 is 0 Å². The van der Waals surface area contributed by atoms with Crippen LogP contribution in [0.2, 0.25) is 0 Å². The molecule has 0 spiro atoms. The summed E-state index contributed by atoms with van der Waals surface area (Å²) in [5.41, 5.74) is 1.54. The molecule has 0 aromatic carbocycles. The summed E-state index contributed by atoms with van der Waals surface area (Å²) < 4.78 is 29.8. The van der Waals surface area contributed by atoms with Crippen LogP contribution in [0.25, 0.3) is 0 Å². The van der Waals surface area contributed by atoms with Gasteiger partial charge in [-0.25, -0.2) is 4.79 Å². The third kappa shape index (κ3) is 18.5. The number of rotatable bonds is 7. The van der Waals surface area contributed by atoms with Gasteiger partial charge in [-0.15, -0.1) is 0 Å². The molecular weight excluding hydrogens is 919 g/mol. The number of cyclic esters (lactones) is 1. The number of esters is 1. The van der Waals surface area contributed by atoms with Crippen molar-refractivity contribution in [1.29, 1.82) is 0 Å². The number of carbonyl (C=O) groups is 5. The fraction of sp³-hybridized carbons (Fsp3) is 0.776. The molecule has 15 atom stereocenters. The number of amides is 1. The molecule has 3 aliphatic heterocycles. The van der Waals surface area contributed by atoms with Crippen LogP contribution in [0.3, 0.4) is 0 Å². The van der Waals surface area contributed by atoms with Crippen molar-refractivity contribution in [1.82, 2.24) is 4.90 Å². The van der Waals surface area contributed by atoms with E-state index in [9.17, 15) is 39.3 Å². The zero-order chi connectivity index (χ0) is 53.1. The van der Waals surface area contributed by atoms with Crippen LogP contribution in [0, 0.1) is 35.5 Å². The lowest BCUT2D eigenvalue weighted by Gasteiger charge is -2.38. The number of hydrogen-bond donors (Lipinski definition) is 3. The minimum absolute atomic E-state index is 0.0228. The standard InChI is InChI=1S/C58H93NO13/c1-37-19-13-11-12-14-20-40(4)51(68-8)35-47-24-17-21-43(7)58(67,72-47)55(64)56(65)59-28-16-15-25-48(59)57(66)71-46(33-39(3)31-44-26-27-49(61)52(34-44)69-9)23-18-22-45(60)32-38(2)30-42(6)54(63)53(70-10)36-50(62)41(5)29-37/h11-14,20,30,37-39,41,43-44,46-49,51-54,61,63,67H,15-19,21-29,31-36H2,1-10H3/b13-11+,14-12+,40-20+,42-30+/t37-,38-,39-,41-,43-,44+,46+,47+,48+,49-,51+,52-,53?,54-,58-/m1/s1. The van der Waals surface area contributed by atoms with Gasteiger partial charge >= 0.3 is 5.97 Å². The number of fused-ring (bicyclic) bond motifs is 3. The number of nitrogens with zero attached hydrogens (tertiary/aromatic N) is 1. The molecule has 0 aromatic rings. The zero-order valence-corrected chi connectivity index (χ0v) is 45.6. The van der Waals surface area contributed by atoms with E-state index in [-0.39, 0.29) is 67.1 Å². The molecule has 3 heterocycles. The van der Waals surface area contributed by atoms with Gasteiger partial charge in [0.05, 0.1) is 30.5 Å². The summed E-state index contributed by atoms with van der Waals surface area (Å²) in [6, 6.07) is -1.04. The fourth-order valence-electron chi connectivity index (χ4n) is 11.6. The second-order valence-corrected chi connectivity index (χ2v) is 22.3. The predicted molar refractivity (Wildman–Crippen MR) is 277 cm³/mol. The van der Waals surface area contributed by atoms with Gasteiger partial charge in [-0.2, -0.15) is 0 Å². The van der Waals surface area contributed by atoms with E-state index < -0.39 is 72.0 Å². The largest absolute Gasteiger partial charge is 0.461 e. The Hall–Kier alpha value is -3.37. The van der Waals surface area contributed by atoms with Crippen LogP contribution in [-0.4, -0.2) is 132 Å². The minimum atomic E-state index is -2.41. The van der Waals surface area contributed by atoms with Crippen molar-refractivity contribution in [2.75, 3.05) is 27.9 Å². The van der Waals surface area contributed by atoms with Crippen LogP contribution >= 0.6 is 0 Å². The zero-order valence-electron chi connectivity index (χ0n) is 45.6. The number of methoxy groups -OCH3 is 3. The second kappa shape index (κ2) is 30.2. The second-order valence-electron chi connectivity index (χ2n) is 22.3. The predicted octanol–water partition coefficient (Wildman–Crippen LogP) is 8.91. The van der Waals surface area contributed by atoms with Gasteiger partial charge in [0, 0.05) is 65.4 Å². The molecule has 4 aliphatic rings. The van der Waals surface area contributed by atoms with Crippen LogP contribution in [0.4, 0.5) is 0 Å². The number of ether oxygens (including phenoxy) is 5. The maximum Gasteiger partial charge on any atom is 0.329 e. The van der Waals surface area contributed by atoms with Gasteiger partial charge in [0.15, 0.2) is 0 Å². The summed E-state index contributed by atoms with van der Waals surface area (Å²) in [6.45, 7) is 13.7. The first-order valence-corrected chi connectivity index (χ1v) is 27.3. The van der Waals surface area contributed by atoms with Crippen molar-refractivity contribution in [3.05, 3.63) is 47.6 Å². The molecule has 0 radical (unpaired) electrons. The molecule has 1 aliphatic carbocycles. The lowest BCUT2D eigenvalue weighted by atomic mass is 9.79. The Morgan fingerprint density at radius 1 is 0.778 bits per heavy atom. The van der Waals surface area contributed by atoms with Gasteiger partial charge in [-0.05, 0) is 139 Å². The van der Waals surface area contributed by atoms with E-state index in [4.69, 9.17) is 23.7 Å². The summed E-state index contributed by atoms with van der Waals surface area (Å²) >= 11 is 0. The van der Waals surface area contributed by atoms with Crippen molar-refractivity contribution in [2.24, 2.45) is 35.5 Å². The first kappa shape index (κ1) is 61.2. The molecule has 72 heavy (non-hydrogen) atoms. The van der Waals surface area contributed by atoms with Gasteiger partial charge in [-0.1, -0.05) is 77.5 Å². The molecule has 14 nitrogen and oxygen atoms in total. The molecule has 2 saturated heterocycles. The smallest absolute Gasteiger partial charge is 0.329 e. The molecule has 1 amide bonds. The van der Waals surface area contributed by atoms with E-state index in [2.05, 4.69) is 19.9 Å². The molecule has 408 valence electrons. The molecule has 1 unspecified atom stereocenters. The monoisotopic (exact) mass is 1010 g/mol. The Labute approximate surface area is 431 Å². The normalized spacial score (nSPS) is 38.7. The van der Waals surface area contributed by atoms with Crippen LogP contribution in [0.1, 0.15) is 170 Å². The maximum atomic E-state index is 14.4. The van der Waals surface area contributed by atoms with Gasteiger partial charge in [-0.3, -0.25) is 19.2 Å². The van der Waals surface area contributed by atoms with Gasteiger partial charge in [0.2, 0.25) is 5.79 Å². The number of piperidine rings is 1. The van der Waals surface area contributed by atoms with Crippen molar-refractivity contribution in [3.63, 3.8) is 0 Å². The molecule has 1 saturated carbocycles. The molecule has 4 rings (SSSR count). The Balaban J connectivity index is 1.61. The number of hydrogen-bond acceptors (Lipinski definition) is 13. The number of carbonyl (C=O) groups excluding carboxylic acids is 5. The van der Waals surface area contributed by atoms with Crippen molar-refractivity contribution in [2.45, 2.75) is 225 Å². The number of aliphatic hydroxyl groups is 3. The number of ketones is 3. The topological polar surface area (TPSA) is 195 Å². The molecule has 0 aromatic heterocycles. The lowest BCUT2D eigenvalue weighted by Crippen LogP contribution is -2.59. The highest BCUT2D eigenvalue weighted by Gasteiger charge is 2.52. The highest BCUT2D eigenvalue weighted by Crippen LogP contribution is 2.37.